The second-order valence-electron chi connectivity index (χ2n) is 4.66. The molecule has 1 atom stereocenters. The standard InChI is InChI=1S/C15H18N2O4/c1-21-10-12-7-16-14(11-5-3-2-4-6-11)17(15(12)20)8-13(19)9-18/h2-7,13,18-19H,8-10H2,1H3. The van der Waals surface area contributed by atoms with Gasteiger partial charge in [-0.15, -0.1) is 0 Å². The van der Waals surface area contributed by atoms with Crippen LogP contribution < -0.4 is 5.56 Å². The number of hydrogen-bond acceptors (Lipinski definition) is 5. The van der Waals surface area contributed by atoms with Crippen LogP contribution in [0.4, 0.5) is 0 Å². The van der Waals surface area contributed by atoms with Crippen molar-refractivity contribution in [3.63, 3.8) is 0 Å². The Kier molecular flexibility index (Phi) is 5.21. The Morgan fingerprint density at radius 3 is 2.67 bits per heavy atom. The highest BCUT2D eigenvalue weighted by Crippen LogP contribution is 2.15. The largest absolute Gasteiger partial charge is 0.394 e. The van der Waals surface area contributed by atoms with Gasteiger partial charge in [-0.3, -0.25) is 9.36 Å². The molecule has 1 aromatic heterocycles. The van der Waals surface area contributed by atoms with Crippen molar-refractivity contribution in [1.29, 1.82) is 0 Å². The molecule has 0 aliphatic rings. The summed E-state index contributed by atoms with van der Waals surface area (Å²) in [5, 5.41) is 18.7. The van der Waals surface area contributed by atoms with Crippen molar-refractivity contribution in [2.75, 3.05) is 13.7 Å². The van der Waals surface area contributed by atoms with Gasteiger partial charge in [-0.1, -0.05) is 30.3 Å². The number of rotatable bonds is 6. The highest BCUT2D eigenvalue weighted by molar-refractivity contribution is 5.55. The molecule has 2 aromatic rings. The molecule has 0 saturated heterocycles. The van der Waals surface area contributed by atoms with Gasteiger partial charge in [0.1, 0.15) is 5.82 Å². The van der Waals surface area contributed by atoms with Crippen molar-refractivity contribution < 1.29 is 14.9 Å². The number of benzene rings is 1. The van der Waals surface area contributed by atoms with Crippen LogP contribution in [0.25, 0.3) is 11.4 Å². The maximum Gasteiger partial charge on any atom is 0.259 e. The second kappa shape index (κ2) is 7.12. The fourth-order valence-corrected chi connectivity index (χ4v) is 2.04. The molecule has 0 fully saturated rings. The minimum Gasteiger partial charge on any atom is -0.394 e. The van der Waals surface area contributed by atoms with Gasteiger partial charge in [0.25, 0.3) is 5.56 Å². The van der Waals surface area contributed by atoms with Crippen LogP contribution in [0.5, 0.6) is 0 Å². The van der Waals surface area contributed by atoms with Gasteiger partial charge < -0.3 is 14.9 Å². The molecule has 0 bridgehead atoms. The number of aromatic nitrogens is 2. The van der Waals surface area contributed by atoms with E-state index in [2.05, 4.69) is 4.98 Å². The summed E-state index contributed by atoms with van der Waals surface area (Å²) in [7, 11) is 1.50. The summed E-state index contributed by atoms with van der Waals surface area (Å²) in [5.41, 5.74) is 0.893. The molecule has 2 rings (SSSR count). The number of nitrogens with zero attached hydrogens (tertiary/aromatic N) is 2. The van der Waals surface area contributed by atoms with Gasteiger partial charge in [0.15, 0.2) is 0 Å². The number of aliphatic hydroxyl groups excluding tert-OH is 2. The van der Waals surface area contributed by atoms with Gasteiger partial charge in [-0.05, 0) is 0 Å². The zero-order valence-corrected chi connectivity index (χ0v) is 11.8. The van der Waals surface area contributed by atoms with E-state index in [0.29, 0.717) is 11.4 Å². The lowest BCUT2D eigenvalue weighted by Crippen LogP contribution is -2.32. The Morgan fingerprint density at radius 2 is 2.05 bits per heavy atom. The van der Waals surface area contributed by atoms with Crippen molar-refractivity contribution in [2.45, 2.75) is 19.3 Å². The molecule has 21 heavy (non-hydrogen) atoms. The van der Waals surface area contributed by atoms with Gasteiger partial charge in [0.2, 0.25) is 0 Å². The van der Waals surface area contributed by atoms with Crippen LogP contribution in [0.3, 0.4) is 0 Å². The third-order valence-corrected chi connectivity index (χ3v) is 3.05. The molecule has 0 aliphatic heterocycles. The molecular formula is C15H18N2O4. The molecule has 6 heteroatoms. The molecule has 0 spiro atoms. The molecule has 1 unspecified atom stereocenters. The van der Waals surface area contributed by atoms with Crippen molar-refractivity contribution >= 4 is 0 Å². The maximum absolute atomic E-state index is 12.5. The van der Waals surface area contributed by atoms with Crippen molar-refractivity contribution in [2.24, 2.45) is 0 Å². The predicted molar refractivity (Wildman–Crippen MR) is 77.7 cm³/mol. The normalized spacial score (nSPS) is 12.3. The molecule has 0 aliphatic carbocycles. The molecule has 112 valence electrons. The fraction of sp³-hybridized carbons (Fsp3) is 0.333. The average molecular weight is 290 g/mol. The van der Waals surface area contributed by atoms with Crippen LogP contribution in [0.2, 0.25) is 0 Å². The monoisotopic (exact) mass is 290 g/mol. The molecule has 0 amide bonds. The van der Waals surface area contributed by atoms with E-state index >= 15 is 0 Å². The topological polar surface area (TPSA) is 84.6 Å². The number of methoxy groups -OCH3 is 1. The van der Waals surface area contributed by atoms with Gasteiger partial charge in [-0.25, -0.2) is 4.98 Å². The summed E-state index contributed by atoms with van der Waals surface area (Å²) < 4.78 is 6.34. The van der Waals surface area contributed by atoms with E-state index in [4.69, 9.17) is 9.84 Å². The van der Waals surface area contributed by atoms with Crippen LogP contribution in [0.15, 0.2) is 41.3 Å². The summed E-state index contributed by atoms with van der Waals surface area (Å²) in [4.78, 5) is 16.8. The third kappa shape index (κ3) is 3.55. The highest BCUT2D eigenvalue weighted by Gasteiger charge is 2.14. The van der Waals surface area contributed by atoms with Gasteiger partial charge in [0, 0.05) is 18.9 Å². The van der Waals surface area contributed by atoms with Crippen LogP contribution in [0, 0.1) is 0 Å². The van der Waals surface area contributed by atoms with E-state index < -0.39 is 12.7 Å². The van der Waals surface area contributed by atoms with Crippen LogP contribution in [0.1, 0.15) is 5.56 Å². The van der Waals surface area contributed by atoms with E-state index in [1.54, 1.807) is 0 Å². The SMILES string of the molecule is COCc1cnc(-c2ccccc2)n(CC(O)CO)c1=O. The third-order valence-electron chi connectivity index (χ3n) is 3.05. The predicted octanol–water partition coefficient (Wildman–Crippen LogP) is 0.410. The van der Waals surface area contributed by atoms with Gasteiger partial charge in [-0.2, -0.15) is 0 Å². The number of aliphatic hydroxyl groups is 2. The van der Waals surface area contributed by atoms with E-state index in [1.807, 2.05) is 30.3 Å². The number of hydrogen-bond donors (Lipinski definition) is 2. The van der Waals surface area contributed by atoms with E-state index in [-0.39, 0.29) is 18.7 Å². The maximum atomic E-state index is 12.5. The molecule has 2 N–H and O–H groups in total. The van der Waals surface area contributed by atoms with E-state index in [0.717, 1.165) is 5.56 Å². The summed E-state index contributed by atoms with van der Waals surface area (Å²) in [5.74, 6) is 0.452. The van der Waals surface area contributed by atoms with Crippen LogP contribution in [-0.4, -0.2) is 39.6 Å². The molecule has 1 aromatic carbocycles. The van der Waals surface area contributed by atoms with Crippen molar-refractivity contribution in [3.8, 4) is 11.4 Å². The summed E-state index contributed by atoms with van der Waals surface area (Å²) >= 11 is 0. The lowest BCUT2D eigenvalue weighted by atomic mass is 10.2. The Balaban J connectivity index is 2.54. The summed E-state index contributed by atoms with van der Waals surface area (Å²) in [6.45, 7) is -0.296. The number of ether oxygens (including phenoxy) is 1. The van der Waals surface area contributed by atoms with Crippen LogP contribution >= 0.6 is 0 Å². The molecule has 0 radical (unpaired) electrons. The van der Waals surface area contributed by atoms with Gasteiger partial charge in [0.05, 0.1) is 31.4 Å². The zero-order chi connectivity index (χ0) is 15.2. The second-order valence-corrected chi connectivity index (χ2v) is 4.66. The average Bonchev–Trinajstić information content (AvgIpc) is 2.52. The molecule has 0 saturated carbocycles. The first-order valence-electron chi connectivity index (χ1n) is 6.59. The smallest absolute Gasteiger partial charge is 0.259 e. The highest BCUT2D eigenvalue weighted by atomic mass is 16.5. The Hall–Kier alpha value is -2.02. The molecular weight excluding hydrogens is 272 g/mol. The van der Waals surface area contributed by atoms with Gasteiger partial charge >= 0.3 is 0 Å². The first-order valence-corrected chi connectivity index (χ1v) is 6.59. The lowest BCUT2D eigenvalue weighted by Gasteiger charge is -2.16. The first-order chi connectivity index (χ1) is 10.2. The summed E-state index contributed by atoms with van der Waals surface area (Å²) in [6, 6.07) is 9.22. The Labute approximate surface area is 122 Å². The van der Waals surface area contributed by atoms with Crippen molar-refractivity contribution in [1.82, 2.24) is 9.55 Å². The molecule has 1 heterocycles. The van der Waals surface area contributed by atoms with E-state index in [1.165, 1.54) is 17.9 Å². The first kappa shape index (κ1) is 15.4. The Morgan fingerprint density at radius 1 is 1.33 bits per heavy atom. The van der Waals surface area contributed by atoms with Crippen molar-refractivity contribution in [3.05, 3.63) is 52.4 Å². The van der Waals surface area contributed by atoms with Crippen LogP contribution in [-0.2, 0) is 17.9 Å². The minimum atomic E-state index is -1.02. The zero-order valence-electron chi connectivity index (χ0n) is 11.8. The molecule has 6 nitrogen and oxygen atoms in total. The lowest BCUT2D eigenvalue weighted by molar-refractivity contribution is 0.0802. The Bertz CT molecular complexity index is 640. The van der Waals surface area contributed by atoms with E-state index in [9.17, 15) is 9.90 Å². The fourth-order valence-electron chi connectivity index (χ4n) is 2.04. The summed E-state index contributed by atoms with van der Waals surface area (Å²) in [6.07, 6.45) is 0.459. The quantitative estimate of drug-likeness (QED) is 0.805. The minimum absolute atomic E-state index is 0.0237.